The third kappa shape index (κ3) is 1.51. The van der Waals surface area contributed by atoms with E-state index in [-0.39, 0.29) is 0 Å². The fourth-order valence-electron chi connectivity index (χ4n) is 2.01. The van der Waals surface area contributed by atoms with Gasteiger partial charge in [-0.2, -0.15) is 5.26 Å². The van der Waals surface area contributed by atoms with Crippen molar-refractivity contribution in [1.82, 2.24) is 0 Å². The monoisotopic (exact) mass is 186 g/mol. The quantitative estimate of drug-likeness (QED) is 0.784. The molecule has 2 N–H and O–H groups in total. The Labute approximate surface area is 84.3 Å². The lowest BCUT2D eigenvalue weighted by atomic mass is 9.92. The van der Waals surface area contributed by atoms with Crippen molar-refractivity contribution in [2.45, 2.75) is 24.7 Å². The van der Waals surface area contributed by atoms with Crippen molar-refractivity contribution in [2.75, 3.05) is 6.54 Å². The Balaban J connectivity index is 2.21. The van der Waals surface area contributed by atoms with Crippen molar-refractivity contribution in [3.05, 3.63) is 35.4 Å². The predicted molar refractivity (Wildman–Crippen MR) is 55.7 cm³/mol. The van der Waals surface area contributed by atoms with Gasteiger partial charge in [0.2, 0.25) is 0 Å². The summed E-state index contributed by atoms with van der Waals surface area (Å²) in [5.74, 6) is 0. The molecule has 0 heterocycles. The maximum absolute atomic E-state index is 8.68. The van der Waals surface area contributed by atoms with E-state index in [1.165, 1.54) is 18.4 Å². The lowest BCUT2D eigenvalue weighted by Gasteiger charge is -2.13. The van der Waals surface area contributed by atoms with E-state index in [1.54, 1.807) is 0 Å². The largest absolute Gasteiger partial charge is 0.330 e. The Kier molecular flexibility index (Phi) is 2.26. The molecule has 14 heavy (non-hydrogen) atoms. The fourth-order valence-corrected chi connectivity index (χ4v) is 2.01. The lowest BCUT2D eigenvalue weighted by molar-refractivity contribution is 0.629. The van der Waals surface area contributed by atoms with Crippen LogP contribution < -0.4 is 5.73 Å². The molecule has 0 unspecified atom stereocenters. The predicted octanol–water partition coefficient (Wildman–Crippen LogP) is 1.94. The van der Waals surface area contributed by atoms with E-state index in [4.69, 9.17) is 11.0 Å². The zero-order chi connectivity index (χ0) is 10.0. The second-order valence-corrected chi connectivity index (χ2v) is 4.01. The lowest BCUT2D eigenvalue weighted by Crippen LogP contribution is -2.13. The van der Waals surface area contributed by atoms with Gasteiger partial charge in [0.15, 0.2) is 0 Å². The first-order chi connectivity index (χ1) is 6.80. The molecular formula is C12H14N2. The molecule has 0 bridgehead atoms. The van der Waals surface area contributed by atoms with Crippen LogP contribution in [0.1, 0.15) is 30.4 Å². The second-order valence-electron chi connectivity index (χ2n) is 4.01. The molecule has 1 fully saturated rings. The third-order valence-electron chi connectivity index (χ3n) is 3.10. The van der Waals surface area contributed by atoms with Crippen molar-refractivity contribution in [2.24, 2.45) is 5.73 Å². The SMILES string of the molecule is N#Cc1ccc(C2(CCN)CC2)cc1. The van der Waals surface area contributed by atoms with Crippen LogP contribution in [0, 0.1) is 11.3 Å². The van der Waals surface area contributed by atoms with Gasteiger partial charge in [0.25, 0.3) is 0 Å². The summed E-state index contributed by atoms with van der Waals surface area (Å²) < 4.78 is 0. The van der Waals surface area contributed by atoms with Crippen LogP contribution in [0.4, 0.5) is 0 Å². The molecule has 0 aliphatic heterocycles. The molecule has 1 aromatic rings. The summed E-state index contributed by atoms with van der Waals surface area (Å²) >= 11 is 0. The molecule has 1 aliphatic carbocycles. The minimum atomic E-state index is 0.350. The smallest absolute Gasteiger partial charge is 0.0991 e. The highest BCUT2D eigenvalue weighted by Crippen LogP contribution is 2.50. The van der Waals surface area contributed by atoms with Crippen molar-refractivity contribution in [1.29, 1.82) is 5.26 Å². The minimum Gasteiger partial charge on any atom is -0.330 e. The number of nitrogens with two attached hydrogens (primary N) is 1. The molecule has 2 heteroatoms. The number of hydrogen-bond donors (Lipinski definition) is 1. The van der Waals surface area contributed by atoms with Gasteiger partial charge in [0, 0.05) is 0 Å². The number of nitriles is 1. The zero-order valence-electron chi connectivity index (χ0n) is 8.16. The summed E-state index contributed by atoms with van der Waals surface area (Å²) in [6.07, 6.45) is 3.56. The first-order valence-corrected chi connectivity index (χ1v) is 5.01. The number of nitrogens with zero attached hydrogens (tertiary/aromatic N) is 1. The highest BCUT2D eigenvalue weighted by molar-refractivity contribution is 5.37. The van der Waals surface area contributed by atoms with E-state index in [9.17, 15) is 0 Å². The van der Waals surface area contributed by atoms with Crippen molar-refractivity contribution >= 4 is 0 Å². The van der Waals surface area contributed by atoms with Crippen molar-refractivity contribution < 1.29 is 0 Å². The van der Waals surface area contributed by atoms with E-state index in [1.807, 2.05) is 12.1 Å². The van der Waals surface area contributed by atoms with Gasteiger partial charge in [0.1, 0.15) is 0 Å². The second kappa shape index (κ2) is 3.43. The Morgan fingerprint density at radius 2 is 1.93 bits per heavy atom. The molecule has 1 saturated carbocycles. The zero-order valence-corrected chi connectivity index (χ0v) is 8.16. The summed E-state index contributed by atoms with van der Waals surface area (Å²) in [4.78, 5) is 0. The Bertz CT molecular complexity index is 355. The molecule has 0 atom stereocenters. The highest BCUT2D eigenvalue weighted by Gasteiger charge is 2.42. The maximum atomic E-state index is 8.68. The third-order valence-corrected chi connectivity index (χ3v) is 3.10. The summed E-state index contributed by atoms with van der Waals surface area (Å²) in [7, 11) is 0. The summed E-state index contributed by atoms with van der Waals surface area (Å²) in [5.41, 5.74) is 8.03. The van der Waals surface area contributed by atoms with Gasteiger partial charge < -0.3 is 5.73 Å². The molecule has 0 radical (unpaired) electrons. The molecule has 1 aromatic carbocycles. The fraction of sp³-hybridized carbons (Fsp3) is 0.417. The van der Waals surface area contributed by atoms with Crippen molar-refractivity contribution in [3.8, 4) is 6.07 Å². The summed E-state index contributed by atoms with van der Waals surface area (Å²) in [6.45, 7) is 0.750. The summed E-state index contributed by atoms with van der Waals surface area (Å²) in [5, 5.41) is 8.68. The van der Waals surface area contributed by atoms with Gasteiger partial charge in [-0.1, -0.05) is 12.1 Å². The van der Waals surface area contributed by atoms with E-state index in [0.29, 0.717) is 5.41 Å². The summed E-state index contributed by atoms with van der Waals surface area (Å²) in [6, 6.07) is 10.1. The van der Waals surface area contributed by atoms with Gasteiger partial charge in [-0.25, -0.2) is 0 Å². The molecule has 0 amide bonds. The molecule has 0 spiro atoms. The van der Waals surface area contributed by atoms with E-state index >= 15 is 0 Å². The Morgan fingerprint density at radius 1 is 1.29 bits per heavy atom. The minimum absolute atomic E-state index is 0.350. The highest BCUT2D eigenvalue weighted by atomic mass is 14.6. The van der Waals surface area contributed by atoms with E-state index in [0.717, 1.165) is 18.5 Å². The number of hydrogen-bond acceptors (Lipinski definition) is 2. The average Bonchev–Trinajstić information content (AvgIpc) is 3.00. The first-order valence-electron chi connectivity index (χ1n) is 5.01. The standard InChI is InChI=1S/C12H14N2/c13-8-7-12(5-6-12)11-3-1-10(9-14)2-4-11/h1-4H,5-8,13H2. The van der Waals surface area contributed by atoms with E-state index < -0.39 is 0 Å². The van der Waals surface area contributed by atoms with Gasteiger partial charge in [-0.3, -0.25) is 0 Å². The topological polar surface area (TPSA) is 49.8 Å². The van der Waals surface area contributed by atoms with Crippen LogP contribution >= 0.6 is 0 Å². The normalized spacial score (nSPS) is 17.4. The Morgan fingerprint density at radius 3 is 2.36 bits per heavy atom. The molecule has 2 nitrogen and oxygen atoms in total. The van der Waals surface area contributed by atoms with Gasteiger partial charge >= 0.3 is 0 Å². The molecule has 0 aromatic heterocycles. The molecular weight excluding hydrogens is 172 g/mol. The molecule has 2 rings (SSSR count). The van der Waals surface area contributed by atoms with Crippen LogP contribution in [0.2, 0.25) is 0 Å². The van der Waals surface area contributed by atoms with Gasteiger partial charge in [-0.15, -0.1) is 0 Å². The maximum Gasteiger partial charge on any atom is 0.0991 e. The van der Waals surface area contributed by atoms with Crippen LogP contribution in [-0.4, -0.2) is 6.54 Å². The van der Waals surface area contributed by atoms with Crippen LogP contribution in [0.25, 0.3) is 0 Å². The molecule has 0 saturated heterocycles. The average molecular weight is 186 g/mol. The Hall–Kier alpha value is -1.33. The number of benzene rings is 1. The van der Waals surface area contributed by atoms with Gasteiger partial charge in [0.05, 0.1) is 11.6 Å². The first kappa shape index (κ1) is 9.23. The molecule has 72 valence electrons. The van der Waals surface area contributed by atoms with Crippen LogP contribution in [0.5, 0.6) is 0 Å². The van der Waals surface area contributed by atoms with Crippen LogP contribution in [0.3, 0.4) is 0 Å². The molecule has 1 aliphatic rings. The van der Waals surface area contributed by atoms with Gasteiger partial charge in [-0.05, 0) is 48.9 Å². The van der Waals surface area contributed by atoms with E-state index in [2.05, 4.69) is 18.2 Å². The van der Waals surface area contributed by atoms with Crippen LogP contribution in [-0.2, 0) is 5.41 Å². The number of rotatable bonds is 3. The van der Waals surface area contributed by atoms with Crippen LogP contribution in [0.15, 0.2) is 24.3 Å². The van der Waals surface area contributed by atoms with Crippen molar-refractivity contribution in [3.63, 3.8) is 0 Å².